The summed E-state index contributed by atoms with van der Waals surface area (Å²) in [6.45, 7) is 2.41. The number of hydrogen-bond donors (Lipinski definition) is 2. The summed E-state index contributed by atoms with van der Waals surface area (Å²) in [5, 5.41) is 3.14. The van der Waals surface area contributed by atoms with E-state index < -0.39 is 0 Å². The van der Waals surface area contributed by atoms with Crippen molar-refractivity contribution in [1.82, 2.24) is 5.32 Å². The normalized spacial score (nSPS) is 32.9. The van der Waals surface area contributed by atoms with E-state index in [4.69, 9.17) is 15.2 Å². The number of aliphatic imine (C=N–C) groups is 1. The van der Waals surface area contributed by atoms with Crippen LogP contribution in [0.3, 0.4) is 0 Å². The van der Waals surface area contributed by atoms with E-state index in [0.29, 0.717) is 24.1 Å². The predicted molar refractivity (Wildman–Crippen MR) is 71.6 cm³/mol. The van der Waals surface area contributed by atoms with Crippen LogP contribution in [0.25, 0.3) is 0 Å². The maximum atomic E-state index is 5.86. The third kappa shape index (κ3) is 3.85. The predicted octanol–water partition coefficient (Wildman–Crippen LogP) is 0.885. The van der Waals surface area contributed by atoms with Crippen molar-refractivity contribution >= 4 is 5.96 Å². The van der Waals surface area contributed by atoms with Crippen molar-refractivity contribution in [3.8, 4) is 0 Å². The van der Waals surface area contributed by atoms with Crippen molar-refractivity contribution in [2.45, 2.75) is 44.3 Å². The summed E-state index contributed by atoms with van der Waals surface area (Å²) in [5.74, 6) is 1.06. The maximum Gasteiger partial charge on any atom is 0.188 e. The number of rotatable bonds is 5. The van der Waals surface area contributed by atoms with E-state index in [-0.39, 0.29) is 0 Å². The summed E-state index contributed by atoms with van der Waals surface area (Å²) in [4.78, 5) is 4.41. The molecule has 1 saturated heterocycles. The van der Waals surface area contributed by atoms with Crippen molar-refractivity contribution in [3.05, 3.63) is 0 Å². The minimum Gasteiger partial charge on any atom is -0.381 e. The molecule has 0 amide bonds. The lowest BCUT2D eigenvalue weighted by Gasteiger charge is -2.16. The fourth-order valence-corrected chi connectivity index (χ4v) is 2.82. The molecule has 1 saturated carbocycles. The second-order valence-corrected chi connectivity index (χ2v) is 5.21. The summed E-state index contributed by atoms with van der Waals surface area (Å²) in [6.07, 6.45) is 6.52. The number of nitrogens with one attached hydrogen (secondary N) is 1. The molecular formula is C13H25N3O2. The minimum atomic E-state index is 0.303. The van der Waals surface area contributed by atoms with E-state index in [0.717, 1.165) is 39.0 Å². The minimum absolute atomic E-state index is 0.303. The molecule has 2 fully saturated rings. The highest BCUT2D eigenvalue weighted by Crippen LogP contribution is 2.27. The third-order valence-corrected chi connectivity index (χ3v) is 3.92. The molecule has 0 radical (unpaired) electrons. The van der Waals surface area contributed by atoms with Crippen LogP contribution in [0.15, 0.2) is 4.99 Å². The lowest BCUT2D eigenvalue weighted by Crippen LogP contribution is -2.37. The Hall–Kier alpha value is -0.810. The van der Waals surface area contributed by atoms with Gasteiger partial charge in [-0.1, -0.05) is 6.42 Å². The molecule has 3 unspecified atom stereocenters. The fourth-order valence-electron chi connectivity index (χ4n) is 2.82. The van der Waals surface area contributed by atoms with E-state index in [9.17, 15) is 0 Å². The van der Waals surface area contributed by atoms with Crippen LogP contribution in [-0.4, -0.2) is 45.0 Å². The number of nitrogens with two attached hydrogens (primary N) is 1. The Bertz CT molecular complexity index is 277. The molecule has 0 aromatic carbocycles. The van der Waals surface area contributed by atoms with Gasteiger partial charge in [0.2, 0.25) is 0 Å². The maximum absolute atomic E-state index is 5.86. The van der Waals surface area contributed by atoms with Crippen LogP contribution >= 0.6 is 0 Å². The van der Waals surface area contributed by atoms with Gasteiger partial charge in [-0.25, -0.2) is 0 Å². The lowest BCUT2D eigenvalue weighted by molar-refractivity contribution is 0.0742. The van der Waals surface area contributed by atoms with Crippen LogP contribution in [0.1, 0.15) is 32.1 Å². The zero-order valence-corrected chi connectivity index (χ0v) is 11.2. The molecule has 0 aromatic heterocycles. The van der Waals surface area contributed by atoms with Crippen molar-refractivity contribution in [3.63, 3.8) is 0 Å². The number of hydrogen-bond acceptors (Lipinski definition) is 3. The van der Waals surface area contributed by atoms with Gasteiger partial charge in [0.05, 0.1) is 12.2 Å². The van der Waals surface area contributed by atoms with Crippen LogP contribution in [0, 0.1) is 5.92 Å². The molecule has 5 nitrogen and oxygen atoms in total. The van der Waals surface area contributed by atoms with Crippen LogP contribution < -0.4 is 11.1 Å². The van der Waals surface area contributed by atoms with Gasteiger partial charge >= 0.3 is 0 Å². The summed E-state index contributed by atoms with van der Waals surface area (Å²) in [6, 6.07) is 0. The molecule has 2 rings (SSSR count). The Morgan fingerprint density at radius 1 is 1.39 bits per heavy atom. The fraction of sp³-hybridized carbons (Fsp3) is 0.923. The van der Waals surface area contributed by atoms with Crippen LogP contribution in [-0.2, 0) is 9.47 Å². The van der Waals surface area contributed by atoms with Crippen molar-refractivity contribution in [2.24, 2.45) is 16.6 Å². The zero-order chi connectivity index (χ0) is 12.8. The molecule has 0 bridgehead atoms. The second kappa shape index (κ2) is 6.95. The summed E-state index contributed by atoms with van der Waals surface area (Å²) in [7, 11) is 1.78. The average Bonchev–Trinajstić information content (AvgIpc) is 3.04. The first kappa shape index (κ1) is 13.6. The number of nitrogens with zero attached hydrogens (tertiary/aromatic N) is 1. The van der Waals surface area contributed by atoms with Gasteiger partial charge in [-0.15, -0.1) is 0 Å². The van der Waals surface area contributed by atoms with Gasteiger partial charge in [0, 0.05) is 32.7 Å². The monoisotopic (exact) mass is 255 g/mol. The highest BCUT2D eigenvalue weighted by Gasteiger charge is 2.26. The highest BCUT2D eigenvalue weighted by atomic mass is 16.5. The Labute approximate surface area is 109 Å². The van der Waals surface area contributed by atoms with Gasteiger partial charge in [0.1, 0.15) is 0 Å². The molecule has 18 heavy (non-hydrogen) atoms. The van der Waals surface area contributed by atoms with Crippen LogP contribution in [0.5, 0.6) is 0 Å². The van der Waals surface area contributed by atoms with Gasteiger partial charge < -0.3 is 20.5 Å². The second-order valence-electron chi connectivity index (χ2n) is 5.21. The average molecular weight is 255 g/mol. The molecule has 2 aliphatic rings. The highest BCUT2D eigenvalue weighted by molar-refractivity contribution is 5.77. The van der Waals surface area contributed by atoms with Crippen molar-refractivity contribution < 1.29 is 9.47 Å². The number of ether oxygens (including phenoxy) is 2. The molecule has 5 heteroatoms. The Balaban J connectivity index is 1.67. The van der Waals surface area contributed by atoms with Crippen molar-refractivity contribution in [1.29, 1.82) is 0 Å². The standard InChI is InChI=1S/C13H25N3O2/c1-17-12-6-2-4-10(12)8-15-13(14)16-9-11-5-3-7-18-11/h10-12H,2-9H2,1H3,(H3,14,15,16). The first-order valence-electron chi connectivity index (χ1n) is 6.97. The Kier molecular flexibility index (Phi) is 5.26. The van der Waals surface area contributed by atoms with E-state index in [2.05, 4.69) is 10.3 Å². The number of methoxy groups -OCH3 is 1. The molecule has 1 aliphatic carbocycles. The van der Waals surface area contributed by atoms with E-state index in [1.54, 1.807) is 7.11 Å². The summed E-state index contributed by atoms with van der Waals surface area (Å²) in [5.41, 5.74) is 5.86. The molecule has 3 atom stereocenters. The van der Waals surface area contributed by atoms with Gasteiger partial charge in [-0.2, -0.15) is 0 Å². The third-order valence-electron chi connectivity index (χ3n) is 3.92. The van der Waals surface area contributed by atoms with Crippen LogP contribution in [0.4, 0.5) is 0 Å². The quantitative estimate of drug-likeness (QED) is 0.565. The molecular weight excluding hydrogens is 230 g/mol. The van der Waals surface area contributed by atoms with Gasteiger partial charge in [0.25, 0.3) is 0 Å². The molecule has 104 valence electrons. The Morgan fingerprint density at radius 3 is 3.00 bits per heavy atom. The van der Waals surface area contributed by atoms with Gasteiger partial charge in [-0.05, 0) is 25.7 Å². The Morgan fingerprint density at radius 2 is 2.28 bits per heavy atom. The van der Waals surface area contributed by atoms with E-state index in [1.165, 1.54) is 12.8 Å². The topological polar surface area (TPSA) is 68.9 Å². The number of guanidine groups is 1. The van der Waals surface area contributed by atoms with Gasteiger partial charge in [-0.3, -0.25) is 4.99 Å². The summed E-state index contributed by atoms with van der Waals surface area (Å²) < 4.78 is 11.0. The molecule has 0 spiro atoms. The lowest BCUT2D eigenvalue weighted by atomic mass is 10.1. The molecule has 3 N–H and O–H groups in total. The van der Waals surface area contributed by atoms with Crippen molar-refractivity contribution in [2.75, 3.05) is 26.8 Å². The van der Waals surface area contributed by atoms with Crippen LogP contribution in [0.2, 0.25) is 0 Å². The first-order valence-corrected chi connectivity index (χ1v) is 6.97. The van der Waals surface area contributed by atoms with E-state index in [1.807, 2.05) is 0 Å². The largest absolute Gasteiger partial charge is 0.381 e. The summed E-state index contributed by atoms with van der Waals surface area (Å²) >= 11 is 0. The molecule has 0 aromatic rings. The SMILES string of the molecule is COC1CCCC1CN=C(N)NCC1CCCO1. The zero-order valence-electron chi connectivity index (χ0n) is 11.2. The first-order chi connectivity index (χ1) is 8.79. The molecule has 1 heterocycles. The van der Waals surface area contributed by atoms with Gasteiger partial charge in [0.15, 0.2) is 5.96 Å². The molecule has 1 aliphatic heterocycles. The van der Waals surface area contributed by atoms with E-state index >= 15 is 0 Å². The smallest absolute Gasteiger partial charge is 0.188 e.